The predicted molar refractivity (Wildman–Crippen MR) is 75.7 cm³/mol. The number of hydrogen-bond acceptors (Lipinski definition) is 2. The van der Waals surface area contributed by atoms with Crippen LogP contribution in [0.2, 0.25) is 0 Å². The fourth-order valence-electron chi connectivity index (χ4n) is 1.45. The number of rotatable bonds is 3. The molecule has 1 heterocycles. The van der Waals surface area contributed by atoms with Crippen LogP contribution >= 0.6 is 22.6 Å². The molecule has 0 saturated carbocycles. The molecule has 0 saturated heterocycles. The van der Waals surface area contributed by atoms with E-state index in [2.05, 4.69) is 32.9 Å². The van der Waals surface area contributed by atoms with Gasteiger partial charge in [0.25, 0.3) is 0 Å². The van der Waals surface area contributed by atoms with Gasteiger partial charge in [0.1, 0.15) is 0 Å². The van der Waals surface area contributed by atoms with Crippen molar-refractivity contribution in [2.75, 3.05) is 5.32 Å². The highest BCUT2D eigenvalue weighted by Crippen LogP contribution is 2.17. The summed E-state index contributed by atoms with van der Waals surface area (Å²) in [6.45, 7) is 0. The summed E-state index contributed by atoms with van der Waals surface area (Å²) in [6, 6.07) is 11.4. The summed E-state index contributed by atoms with van der Waals surface area (Å²) in [7, 11) is 0. The fraction of sp³-hybridized carbons (Fsp3) is 0.0769. The Labute approximate surface area is 113 Å². The van der Waals surface area contributed by atoms with Crippen molar-refractivity contribution >= 4 is 34.2 Å². The Hall–Kier alpha value is -1.43. The van der Waals surface area contributed by atoms with E-state index in [4.69, 9.17) is 0 Å². The quantitative estimate of drug-likeness (QED) is 0.875. The van der Waals surface area contributed by atoms with Crippen LogP contribution in [0.1, 0.15) is 5.56 Å². The van der Waals surface area contributed by atoms with Crippen LogP contribution in [0.5, 0.6) is 0 Å². The number of carbonyl (C=O) groups is 1. The number of para-hydroxylation sites is 1. The van der Waals surface area contributed by atoms with E-state index in [0.717, 1.165) is 14.8 Å². The monoisotopic (exact) mass is 338 g/mol. The highest BCUT2D eigenvalue weighted by atomic mass is 127. The Morgan fingerprint density at radius 1 is 1.24 bits per heavy atom. The first kappa shape index (κ1) is 12.0. The van der Waals surface area contributed by atoms with Crippen LogP contribution in [0.15, 0.2) is 48.8 Å². The third-order valence-corrected chi connectivity index (χ3v) is 3.18. The molecule has 0 fully saturated rings. The predicted octanol–water partition coefficient (Wildman–Crippen LogP) is 2.87. The van der Waals surface area contributed by atoms with Gasteiger partial charge in [-0.05, 0) is 46.4 Å². The number of aromatic nitrogens is 1. The molecular weight excluding hydrogens is 327 g/mol. The molecule has 17 heavy (non-hydrogen) atoms. The first-order chi connectivity index (χ1) is 8.25. The first-order valence-electron chi connectivity index (χ1n) is 5.19. The van der Waals surface area contributed by atoms with E-state index in [0.29, 0.717) is 6.42 Å². The van der Waals surface area contributed by atoms with Crippen molar-refractivity contribution in [1.29, 1.82) is 0 Å². The molecule has 2 rings (SSSR count). The van der Waals surface area contributed by atoms with Gasteiger partial charge in [-0.2, -0.15) is 0 Å². The smallest absolute Gasteiger partial charge is 0.228 e. The Bertz CT molecular complexity index is 514. The SMILES string of the molecule is O=C(Cc1cccnc1)Nc1ccccc1I. The molecule has 0 aliphatic carbocycles. The number of nitrogens with one attached hydrogen (secondary N) is 1. The molecule has 86 valence electrons. The molecule has 0 bridgehead atoms. The highest BCUT2D eigenvalue weighted by molar-refractivity contribution is 14.1. The highest BCUT2D eigenvalue weighted by Gasteiger charge is 2.05. The normalized spacial score (nSPS) is 9.94. The molecule has 1 aromatic carbocycles. The summed E-state index contributed by atoms with van der Waals surface area (Å²) in [4.78, 5) is 15.8. The molecule has 0 atom stereocenters. The second-order valence-electron chi connectivity index (χ2n) is 3.57. The van der Waals surface area contributed by atoms with E-state index in [1.807, 2.05) is 36.4 Å². The number of halogens is 1. The number of hydrogen-bond donors (Lipinski definition) is 1. The van der Waals surface area contributed by atoms with Gasteiger partial charge in [0.2, 0.25) is 5.91 Å². The maximum absolute atomic E-state index is 11.8. The Morgan fingerprint density at radius 3 is 2.76 bits per heavy atom. The van der Waals surface area contributed by atoms with Crippen molar-refractivity contribution in [2.24, 2.45) is 0 Å². The lowest BCUT2D eigenvalue weighted by Crippen LogP contribution is -2.15. The van der Waals surface area contributed by atoms with Crippen molar-refractivity contribution in [1.82, 2.24) is 4.98 Å². The minimum atomic E-state index is -0.0258. The molecular formula is C13H11IN2O. The van der Waals surface area contributed by atoms with Crippen molar-refractivity contribution in [3.8, 4) is 0 Å². The van der Waals surface area contributed by atoms with Gasteiger partial charge in [0, 0.05) is 16.0 Å². The topological polar surface area (TPSA) is 42.0 Å². The van der Waals surface area contributed by atoms with Gasteiger partial charge in [-0.25, -0.2) is 0 Å². The van der Waals surface area contributed by atoms with E-state index in [9.17, 15) is 4.79 Å². The molecule has 2 aromatic rings. The van der Waals surface area contributed by atoms with Crippen molar-refractivity contribution < 1.29 is 4.79 Å². The zero-order chi connectivity index (χ0) is 12.1. The summed E-state index contributed by atoms with van der Waals surface area (Å²) in [5.41, 5.74) is 1.76. The van der Waals surface area contributed by atoms with E-state index in [1.54, 1.807) is 12.4 Å². The number of nitrogens with zero attached hydrogens (tertiary/aromatic N) is 1. The molecule has 1 aromatic heterocycles. The minimum absolute atomic E-state index is 0.0258. The lowest BCUT2D eigenvalue weighted by Gasteiger charge is -2.06. The molecule has 4 heteroatoms. The van der Waals surface area contributed by atoms with E-state index in [1.165, 1.54) is 0 Å². The van der Waals surface area contributed by atoms with Gasteiger partial charge < -0.3 is 5.32 Å². The summed E-state index contributed by atoms with van der Waals surface area (Å²) < 4.78 is 1.03. The summed E-state index contributed by atoms with van der Waals surface area (Å²) >= 11 is 2.20. The number of amides is 1. The van der Waals surface area contributed by atoms with Crippen molar-refractivity contribution in [3.05, 3.63) is 57.9 Å². The Kier molecular flexibility index (Phi) is 4.08. The van der Waals surface area contributed by atoms with Gasteiger partial charge in [0.05, 0.1) is 12.1 Å². The maximum atomic E-state index is 11.8. The van der Waals surface area contributed by atoms with E-state index < -0.39 is 0 Å². The van der Waals surface area contributed by atoms with E-state index in [-0.39, 0.29) is 5.91 Å². The van der Waals surface area contributed by atoms with Gasteiger partial charge in [0.15, 0.2) is 0 Å². The molecule has 0 aliphatic heterocycles. The van der Waals surface area contributed by atoms with Crippen LogP contribution in [0, 0.1) is 3.57 Å². The van der Waals surface area contributed by atoms with Gasteiger partial charge in [-0.1, -0.05) is 18.2 Å². The molecule has 0 unspecified atom stereocenters. The largest absolute Gasteiger partial charge is 0.325 e. The fourth-order valence-corrected chi connectivity index (χ4v) is 1.97. The van der Waals surface area contributed by atoms with Gasteiger partial charge in [-0.3, -0.25) is 9.78 Å². The lowest BCUT2D eigenvalue weighted by molar-refractivity contribution is -0.115. The summed E-state index contributed by atoms with van der Waals surface area (Å²) in [5.74, 6) is -0.0258. The van der Waals surface area contributed by atoms with Crippen LogP contribution in [-0.4, -0.2) is 10.9 Å². The van der Waals surface area contributed by atoms with Crippen LogP contribution in [0.3, 0.4) is 0 Å². The standard InChI is InChI=1S/C13H11IN2O/c14-11-5-1-2-6-12(11)16-13(17)8-10-4-3-7-15-9-10/h1-7,9H,8H2,(H,16,17). The van der Waals surface area contributed by atoms with Gasteiger partial charge in [-0.15, -0.1) is 0 Å². The molecule has 0 spiro atoms. The third kappa shape index (κ3) is 3.52. The lowest BCUT2D eigenvalue weighted by atomic mass is 10.2. The number of benzene rings is 1. The molecule has 1 amide bonds. The number of carbonyl (C=O) groups excluding carboxylic acids is 1. The second kappa shape index (κ2) is 5.77. The van der Waals surface area contributed by atoms with Gasteiger partial charge >= 0.3 is 0 Å². The van der Waals surface area contributed by atoms with Crippen LogP contribution in [0.25, 0.3) is 0 Å². The van der Waals surface area contributed by atoms with Crippen LogP contribution < -0.4 is 5.32 Å². The van der Waals surface area contributed by atoms with E-state index >= 15 is 0 Å². The Morgan fingerprint density at radius 2 is 2.06 bits per heavy atom. The number of pyridine rings is 1. The van der Waals surface area contributed by atoms with Crippen LogP contribution in [-0.2, 0) is 11.2 Å². The van der Waals surface area contributed by atoms with Crippen LogP contribution in [0.4, 0.5) is 5.69 Å². The molecule has 0 radical (unpaired) electrons. The molecule has 3 nitrogen and oxygen atoms in total. The second-order valence-corrected chi connectivity index (χ2v) is 4.73. The molecule has 1 N–H and O–H groups in total. The summed E-state index contributed by atoms with van der Waals surface area (Å²) in [5, 5.41) is 2.88. The van der Waals surface area contributed by atoms with Crippen molar-refractivity contribution in [2.45, 2.75) is 6.42 Å². The molecule has 0 aliphatic rings. The average molecular weight is 338 g/mol. The summed E-state index contributed by atoms with van der Waals surface area (Å²) in [6.07, 6.45) is 3.75. The Balaban J connectivity index is 2.01. The zero-order valence-corrected chi connectivity index (χ0v) is 11.2. The minimum Gasteiger partial charge on any atom is -0.325 e. The first-order valence-corrected chi connectivity index (χ1v) is 6.27. The zero-order valence-electron chi connectivity index (χ0n) is 9.06. The maximum Gasteiger partial charge on any atom is 0.228 e. The van der Waals surface area contributed by atoms with Crippen molar-refractivity contribution in [3.63, 3.8) is 0 Å². The third-order valence-electron chi connectivity index (χ3n) is 2.24. The number of anilines is 1. The average Bonchev–Trinajstić information content (AvgIpc) is 2.33.